The van der Waals surface area contributed by atoms with Crippen molar-refractivity contribution in [2.24, 2.45) is 0 Å². The second kappa shape index (κ2) is 7.51. The Hall–Kier alpha value is -2.31. The zero-order chi connectivity index (χ0) is 16.9. The summed E-state index contributed by atoms with van der Waals surface area (Å²) in [6.07, 6.45) is 3.35. The second-order valence-electron chi connectivity index (χ2n) is 6.24. The number of carbonyl (C=O) groups is 2. The maximum atomic E-state index is 12.9. The van der Waals surface area contributed by atoms with Gasteiger partial charge in [-0.05, 0) is 43.5 Å². The van der Waals surface area contributed by atoms with E-state index in [-0.39, 0.29) is 17.9 Å². The first-order valence-electron chi connectivity index (χ1n) is 8.49. The van der Waals surface area contributed by atoms with E-state index in [2.05, 4.69) is 5.32 Å². The van der Waals surface area contributed by atoms with Crippen molar-refractivity contribution in [1.82, 2.24) is 14.7 Å². The molecule has 2 fully saturated rings. The van der Waals surface area contributed by atoms with Gasteiger partial charge in [-0.25, -0.2) is 14.0 Å². The van der Waals surface area contributed by atoms with E-state index in [0.29, 0.717) is 31.9 Å². The molecule has 1 aromatic carbocycles. The molecule has 2 saturated heterocycles. The molecule has 0 spiro atoms. The molecule has 0 radical (unpaired) electrons. The van der Waals surface area contributed by atoms with Crippen LogP contribution in [0.3, 0.4) is 0 Å². The number of nitrogens with one attached hydrogen (secondary N) is 1. The molecule has 7 heteroatoms. The van der Waals surface area contributed by atoms with E-state index in [4.69, 9.17) is 0 Å². The SMILES string of the molecule is O=C(Nc1ccc(F)cc1)N1CCN(C(=O)N2CCCCC2)CC1. The highest BCUT2D eigenvalue weighted by Gasteiger charge is 2.27. The number of urea groups is 2. The van der Waals surface area contributed by atoms with Gasteiger partial charge in [-0.2, -0.15) is 0 Å². The molecule has 0 atom stereocenters. The normalized spacial score (nSPS) is 18.5. The van der Waals surface area contributed by atoms with Crippen molar-refractivity contribution in [2.75, 3.05) is 44.6 Å². The molecule has 130 valence electrons. The number of benzene rings is 1. The molecule has 2 aliphatic rings. The Morgan fingerprint density at radius 1 is 0.792 bits per heavy atom. The van der Waals surface area contributed by atoms with Crippen LogP contribution in [0.1, 0.15) is 19.3 Å². The fraction of sp³-hybridized carbons (Fsp3) is 0.529. The molecule has 4 amide bonds. The Bertz CT molecular complexity index is 579. The second-order valence-corrected chi connectivity index (χ2v) is 6.24. The summed E-state index contributed by atoms with van der Waals surface area (Å²) in [6.45, 7) is 3.78. The number of rotatable bonds is 1. The third-order valence-electron chi connectivity index (χ3n) is 4.56. The molecule has 0 aromatic heterocycles. The van der Waals surface area contributed by atoms with Crippen LogP contribution in [0, 0.1) is 5.82 Å². The number of piperazine rings is 1. The van der Waals surface area contributed by atoms with E-state index < -0.39 is 0 Å². The maximum absolute atomic E-state index is 12.9. The number of likely N-dealkylation sites (tertiary alicyclic amines) is 1. The van der Waals surface area contributed by atoms with Crippen LogP contribution in [0.2, 0.25) is 0 Å². The number of nitrogens with zero attached hydrogens (tertiary/aromatic N) is 3. The first-order chi connectivity index (χ1) is 11.6. The van der Waals surface area contributed by atoms with E-state index >= 15 is 0 Å². The lowest BCUT2D eigenvalue weighted by molar-refractivity contribution is 0.116. The van der Waals surface area contributed by atoms with Crippen molar-refractivity contribution >= 4 is 17.7 Å². The lowest BCUT2D eigenvalue weighted by Gasteiger charge is -2.38. The van der Waals surface area contributed by atoms with Gasteiger partial charge in [-0.15, -0.1) is 0 Å². The number of piperidine rings is 1. The Labute approximate surface area is 141 Å². The molecule has 2 aliphatic heterocycles. The third kappa shape index (κ3) is 3.96. The number of hydrogen-bond acceptors (Lipinski definition) is 2. The quantitative estimate of drug-likeness (QED) is 0.858. The van der Waals surface area contributed by atoms with Crippen LogP contribution < -0.4 is 5.32 Å². The number of carbonyl (C=O) groups excluding carboxylic acids is 2. The van der Waals surface area contributed by atoms with Crippen molar-refractivity contribution in [3.05, 3.63) is 30.1 Å². The van der Waals surface area contributed by atoms with E-state index in [9.17, 15) is 14.0 Å². The van der Waals surface area contributed by atoms with Gasteiger partial charge in [0, 0.05) is 45.0 Å². The molecule has 1 N–H and O–H groups in total. The molecule has 0 bridgehead atoms. The van der Waals surface area contributed by atoms with E-state index in [0.717, 1.165) is 25.9 Å². The predicted octanol–water partition coefficient (Wildman–Crippen LogP) is 2.58. The van der Waals surface area contributed by atoms with Gasteiger partial charge in [-0.1, -0.05) is 0 Å². The summed E-state index contributed by atoms with van der Waals surface area (Å²) in [5, 5.41) is 2.75. The average Bonchev–Trinajstić information content (AvgIpc) is 2.64. The molecular formula is C17H23FN4O2. The Kier molecular flexibility index (Phi) is 5.17. The van der Waals surface area contributed by atoms with Crippen LogP contribution in [0.4, 0.5) is 19.7 Å². The lowest BCUT2D eigenvalue weighted by Crippen LogP contribution is -2.55. The maximum Gasteiger partial charge on any atom is 0.321 e. The lowest BCUT2D eigenvalue weighted by atomic mass is 10.1. The van der Waals surface area contributed by atoms with Crippen molar-refractivity contribution in [3.8, 4) is 0 Å². The summed E-state index contributed by atoms with van der Waals surface area (Å²) in [7, 11) is 0. The Morgan fingerprint density at radius 3 is 1.96 bits per heavy atom. The average molecular weight is 334 g/mol. The molecule has 6 nitrogen and oxygen atoms in total. The fourth-order valence-electron chi connectivity index (χ4n) is 3.12. The smallest absolute Gasteiger partial charge is 0.321 e. The van der Waals surface area contributed by atoms with Crippen LogP contribution in [0.15, 0.2) is 24.3 Å². The van der Waals surface area contributed by atoms with Crippen molar-refractivity contribution in [1.29, 1.82) is 0 Å². The standard InChI is InChI=1S/C17H23FN4O2/c18-14-4-6-15(7-5-14)19-16(23)20-10-12-22(13-11-20)17(24)21-8-2-1-3-9-21/h4-7H,1-3,8-13H2,(H,19,23). The third-order valence-corrected chi connectivity index (χ3v) is 4.56. The van der Waals surface area contributed by atoms with E-state index in [1.54, 1.807) is 4.90 Å². The highest BCUT2D eigenvalue weighted by atomic mass is 19.1. The first kappa shape index (κ1) is 16.5. The number of halogens is 1. The zero-order valence-electron chi connectivity index (χ0n) is 13.7. The van der Waals surface area contributed by atoms with Gasteiger partial charge in [-0.3, -0.25) is 0 Å². The molecule has 0 unspecified atom stereocenters. The van der Waals surface area contributed by atoms with Gasteiger partial charge in [0.05, 0.1) is 0 Å². The first-order valence-corrected chi connectivity index (χ1v) is 8.49. The molecule has 1 aromatic rings. The largest absolute Gasteiger partial charge is 0.325 e. The summed E-state index contributed by atoms with van der Waals surface area (Å²) < 4.78 is 12.9. The summed E-state index contributed by atoms with van der Waals surface area (Å²) in [5.41, 5.74) is 0.563. The minimum Gasteiger partial charge on any atom is -0.325 e. The van der Waals surface area contributed by atoms with Crippen LogP contribution in [-0.2, 0) is 0 Å². The van der Waals surface area contributed by atoms with Crippen LogP contribution in [-0.4, -0.2) is 66.0 Å². The molecule has 0 aliphatic carbocycles. The van der Waals surface area contributed by atoms with Crippen molar-refractivity contribution < 1.29 is 14.0 Å². The van der Waals surface area contributed by atoms with Crippen LogP contribution in [0.5, 0.6) is 0 Å². The van der Waals surface area contributed by atoms with E-state index in [1.807, 2.05) is 9.80 Å². The number of amides is 4. The van der Waals surface area contributed by atoms with Crippen molar-refractivity contribution in [2.45, 2.75) is 19.3 Å². The monoisotopic (exact) mass is 334 g/mol. The summed E-state index contributed by atoms with van der Waals surface area (Å²) >= 11 is 0. The predicted molar refractivity (Wildman–Crippen MR) is 89.4 cm³/mol. The van der Waals surface area contributed by atoms with Gasteiger partial charge in [0.2, 0.25) is 0 Å². The highest BCUT2D eigenvalue weighted by molar-refractivity contribution is 5.89. The van der Waals surface area contributed by atoms with Crippen LogP contribution in [0.25, 0.3) is 0 Å². The summed E-state index contributed by atoms with van der Waals surface area (Å²) in [6, 6.07) is 5.56. The van der Waals surface area contributed by atoms with Gasteiger partial charge in [0.15, 0.2) is 0 Å². The molecule has 24 heavy (non-hydrogen) atoms. The fourth-order valence-corrected chi connectivity index (χ4v) is 3.12. The minimum absolute atomic E-state index is 0.0910. The summed E-state index contributed by atoms with van der Waals surface area (Å²) in [4.78, 5) is 30.1. The number of hydrogen-bond donors (Lipinski definition) is 1. The van der Waals surface area contributed by atoms with Gasteiger partial charge >= 0.3 is 12.1 Å². The Morgan fingerprint density at radius 2 is 1.33 bits per heavy atom. The minimum atomic E-state index is -0.335. The zero-order valence-corrected chi connectivity index (χ0v) is 13.7. The summed E-state index contributed by atoms with van der Waals surface area (Å²) in [5.74, 6) is -0.335. The van der Waals surface area contributed by atoms with Crippen LogP contribution >= 0.6 is 0 Å². The van der Waals surface area contributed by atoms with E-state index in [1.165, 1.54) is 30.7 Å². The number of anilines is 1. The molecule has 0 saturated carbocycles. The van der Waals surface area contributed by atoms with Gasteiger partial charge < -0.3 is 20.0 Å². The molecule has 3 rings (SSSR count). The van der Waals surface area contributed by atoms with Crippen molar-refractivity contribution in [3.63, 3.8) is 0 Å². The topological polar surface area (TPSA) is 55.9 Å². The molecular weight excluding hydrogens is 311 g/mol. The highest BCUT2D eigenvalue weighted by Crippen LogP contribution is 2.14. The van der Waals surface area contributed by atoms with Gasteiger partial charge in [0.25, 0.3) is 0 Å². The Balaban J connectivity index is 1.48. The molecule has 2 heterocycles. The van der Waals surface area contributed by atoms with Gasteiger partial charge in [0.1, 0.15) is 5.82 Å².